The van der Waals surface area contributed by atoms with Crippen molar-refractivity contribution < 1.29 is 0 Å². The zero-order chi connectivity index (χ0) is 14.9. The highest BCUT2D eigenvalue weighted by Gasteiger charge is 2.07. The minimum atomic E-state index is 0.792. The zero-order valence-electron chi connectivity index (χ0n) is 12.2. The summed E-state index contributed by atoms with van der Waals surface area (Å²) >= 11 is 0. The Morgan fingerprint density at radius 2 is 1.50 bits per heavy atom. The molecular formula is C18H16N4. The Labute approximate surface area is 128 Å². The van der Waals surface area contributed by atoms with Crippen LogP contribution in [0.3, 0.4) is 0 Å². The molecule has 0 spiro atoms. The second-order valence-corrected chi connectivity index (χ2v) is 5.36. The zero-order valence-corrected chi connectivity index (χ0v) is 12.2. The van der Waals surface area contributed by atoms with E-state index in [4.69, 9.17) is 0 Å². The van der Waals surface area contributed by atoms with E-state index in [1.54, 1.807) is 0 Å². The molecule has 0 saturated carbocycles. The van der Waals surface area contributed by atoms with Crippen LogP contribution >= 0.6 is 0 Å². The molecular weight excluding hydrogens is 272 g/mol. The van der Waals surface area contributed by atoms with Crippen LogP contribution in [-0.2, 0) is 6.54 Å². The molecule has 4 rings (SSSR count). The highest BCUT2D eigenvalue weighted by atomic mass is 15.3. The molecule has 0 saturated heterocycles. The van der Waals surface area contributed by atoms with Crippen LogP contribution < -0.4 is 0 Å². The molecule has 0 N–H and O–H groups in total. The minimum Gasteiger partial charge on any atom is -0.264 e. The van der Waals surface area contributed by atoms with Crippen LogP contribution in [0.15, 0.2) is 67.5 Å². The summed E-state index contributed by atoms with van der Waals surface area (Å²) < 4.78 is 3.94. The summed E-state index contributed by atoms with van der Waals surface area (Å²) in [5, 5.41) is 11.2. The van der Waals surface area contributed by atoms with E-state index >= 15 is 0 Å². The van der Waals surface area contributed by atoms with Gasteiger partial charge in [-0.1, -0.05) is 43.0 Å². The van der Waals surface area contributed by atoms with Gasteiger partial charge in [0.2, 0.25) is 0 Å². The molecule has 0 aliphatic carbocycles. The smallest absolute Gasteiger partial charge is 0.0736 e. The molecule has 4 nitrogen and oxygen atoms in total. The molecule has 0 atom stereocenters. The SMILES string of the molecule is C=C(CCn1ncc2ccccc21)n1ncc2ccccc21. The predicted octanol–water partition coefficient (Wildman–Crippen LogP) is 3.95. The first kappa shape index (κ1) is 12.8. The maximum atomic E-state index is 4.46. The average Bonchev–Trinajstić information content (AvgIpc) is 3.17. The maximum Gasteiger partial charge on any atom is 0.0736 e. The molecule has 2 aromatic carbocycles. The van der Waals surface area contributed by atoms with E-state index in [1.807, 2.05) is 46.0 Å². The van der Waals surface area contributed by atoms with Crippen molar-refractivity contribution >= 4 is 27.5 Å². The first-order valence-corrected chi connectivity index (χ1v) is 7.34. The molecule has 0 amide bonds. The van der Waals surface area contributed by atoms with Crippen molar-refractivity contribution in [2.45, 2.75) is 13.0 Å². The molecule has 2 aromatic heterocycles. The van der Waals surface area contributed by atoms with Gasteiger partial charge in [0.25, 0.3) is 0 Å². The van der Waals surface area contributed by atoms with Gasteiger partial charge in [0.1, 0.15) is 0 Å². The monoisotopic (exact) mass is 288 g/mol. The lowest BCUT2D eigenvalue weighted by molar-refractivity contribution is 0.638. The van der Waals surface area contributed by atoms with Crippen molar-refractivity contribution in [3.05, 3.63) is 67.5 Å². The highest BCUT2D eigenvalue weighted by molar-refractivity contribution is 5.81. The van der Waals surface area contributed by atoms with Crippen molar-refractivity contribution in [3.63, 3.8) is 0 Å². The van der Waals surface area contributed by atoms with Crippen LogP contribution in [0.5, 0.6) is 0 Å². The fourth-order valence-corrected chi connectivity index (χ4v) is 2.77. The van der Waals surface area contributed by atoms with Crippen LogP contribution in [-0.4, -0.2) is 19.6 Å². The Kier molecular flexibility index (Phi) is 3.00. The van der Waals surface area contributed by atoms with Gasteiger partial charge in [0.15, 0.2) is 0 Å². The minimum absolute atomic E-state index is 0.792. The summed E-state index contributed by atoms with van der Waals surface area (Å²) in [6.45, 7) is 4.98. The largest absolute Gasteiger partial charge is 0.264 e. The summed E-state index contributed by atoms with van der Waals surface area (Å²) in [5.41, 5.74) is 3.22. The molecule has 0 aliphatic heterocycles. The molecule has 4 aromatic rings. The van der Waals surface area contributed by atoms with E-state index in [0.717, 1.165) is 40.5 Å². The Balaban J connectivity index is 1.57. The van der Waals surface area contributed by atoms with E-state index in [-0.39, 0.29) is 0 Å². The predicted molar refractivity (Wildman–Crippen MR) is 89.4 cm³/mol. The number of fused-ring (bicyclic) bond motifs is 2. The summed E-state index contributed by atoms with van der Waals surface area (Å²) in [6, 6.07) is 16.4. The highest BCUT2D eigenvalue weighted by Crippen LogP contribution is 2.19. The molecule has 4 heteroatoms. The lowest BCUT2D eigenvalue weighted by Crippen LogP contribution is -2.04. The molecule has 0 aliphatic rings. The summed E-state index contributed by atoms with van der Waals surface area (Å²) in [5.74, 6) is 0. The van der Waals surface area contributed by atoms with E-state index in [2.05, 4.69) is 41.0 Å². The molecule has 2 heterocycles. The van der Waals surface area contributed by atoms with Crippen LogP contribution in [0.25, 0.3) is 27.5 Å². The number of aromatic nitrogens is 4. The summed E-state index contributed by atoms with van der Waals surface area (Å²) in [4.78, 5) is 0. The number of aryl methyl sites for hydroxylation is 1. The Morgan fingerprint density at radius 1 is 0.864 bits per heavy atom. The van der Waals surface area contributed by atoms with Gasteiger partial charge < -0.3 is 0 Å². The fourth-order valence-electron chi connectivity index (χ4n) is 2.77. The Bertz CT molecular complexity index is 961. The van der Waals surface area contributed by atoms with Crippen molar-refractivity contribution in [1.82, 2.24) is 19.6 Å². The molecule has 0 fully saturated rings. The van der Waals surface area contributed by atoms with Crippen LogP contribution in [0.1, 0.15) is 6.42 Å². The average molecular weight is 288 g/mol. The lowest BCUT2D eigenvalue weighted by atomic mass is 10.2. The van der Waals surface area contributed by atoms with Crippen molar-refractivity contribution in [2.75, 3.05) is 0 Å². The maximum absolute atomic E-state index is 4.46. The number of rotatable bonds is 4. The quantitative estimate of drug-likeness (QED) is 0.570. The fraction of sp³-hybridized carbons (Fsp3) is 0.111. The summed E-state index contributed by atoms with van der Waals surface area (Å²) in [6.07, 6.45) is 4.59. The van der Waals surface area contributed by atoms with Crippen molar-refractivity contribution in [2.24, 2.45) is 0 Å². The van der Waals surface area contributed by atoms with Gasteiger partial charge >= 0.3 is 0 Å². The van der Waals surface area contributed by atoms with Gasteiger partial charge in [0.05, 0.1) is 23.4 Å². The van der Waals surface area contributed by atoms with Crippen LogP contribution in [0, 0.1) is 0 Å². The summed E-state index contributed by atoms with van der Waals surface area (Å²) in [7, 11) is 0. The van der Waals surface area contributed by atoms with E-state index in [1.165, 1.54) is 0 Å². The Morgan fingerprint density at radius 3 is 2.32 bits per heavy atom. The standard InChI is InChI=1S/C18H16N4/c1-14(22-18-9-5-3-7-16(18)13-20-22)10-11-21-17-8-4-2-6-15(17)12-19-21/h2-9,12-13H,1,10-11H2. The second-order valence-electron chi connectivity index (χ2n) is 5.36. The van der Waals surface area contributed by atoms with Crippen molar-refractivity contribution in [3.8, 4) is 0 Å². The number of hydrogen-bond acceptors (Lipinski definition) is 2. The first-order chi connectivity index (χ1) is 10.8. The van der Waals surface area contributed by atoms with Crippen LogP contribution in [0.4, 0.5) is 0 Å². The van der Waals surface area contributed by atoms with Gasteiger partial charge in [-0.05, 0) is 12.1 Å². The number of para-hydroxylation sites is 2. The molecule has 108 valence electrons. The molecule has 22 heavy (non-hydrogen) atoms. The molecule has 0 bridgehead atoms. The number of hydrogen-bond donors (Lipinski definition) is 0. The number of benzene rings is 2. The van der Waals surface area contributed by atoms with E-state index in [0.29, 0.717) is 0 Å². The van der Waals surface area contributed by atoms with E-state index in [9.17, 15) is 0 Å². The second kappa shape index (κ2) is 5.15. The third kappa shape index (κ3) is 2.09. The van der Waals surface area contributed by atoms with Gasteiger partial charge in [-0.15, -0.1) is 0 Å². The van der Waals surface area contributed by atoms with Gasteiger partial charge in [0, 0.05) is 29.4 Å². The Hall–Kier alpha value is -2.88. The normalized spacial score (nSPS) is 11.3. The van der Waals surface area contributed by atoms with E-state index < -0.39 is 0 Å². The molecule has 0 unspecified atom stereocenters. The first-order valence-electron chi connectivity index (χ1n) is 7.34. The molecule has 0 radical (unpaired) electrons. The number of allylic oxidation sites excluding steroid dienone is 1. The van der Waals surface area contributed by atoms with Gasteiger partial charge in [-0.2, -0.15) is 10.2 Å². The van der Waals surface area contributed by atoms with Crippen molar-refractivity contribution in [1.29, 1.82) is 0 Å². The topological polar surface area (TPSA) is 35.6 Å². The third-order valence-corrected chi connectivity index (χ3v) is 3.94. The number of nitrogens with zero attached hydrogens (tertiary/aromatic N) is 4. The van der Waals surface area contributed by atoms with Crippen LogP contribution in [0.2, 0.25) is 0 Å². The van der Waals surface area contributed by atoms with Gasteiger partial charge in [-0.25, -0.2) is 4.68 Å². The van der Waals surface area contributed by atoms with Gasteiger partial charge in [-0.3, -0.25) is 4.68 Å². The third-order valence-electron chi connectivity index (χ3n) is 3.94. The lowest BCUT2D eigenvalue weighted by Gasteiger charge is -2.08.